The second-order valence-corrected chi connectivity index (χ2v) is 6.16. The molecule has 1 saturated heterocycles. The summed E-state index contributed by atoms with van der Waals surface area (Å²) in [7, 11) is 0. The molecule has 2 heterocycles. The van der Waals surface area contributed by atoms with Gasteiger partial charge in [-0.15, -0.1) is 0 Å². The van der Waals surface area contributed by atoms with E-state index in [0.717, 1.165) is 31.7 Å². The Labute approximate surface area is 109 Å². The highest BCUT2D eigenvalue weighted by Gasteiger charge is 2.37. The van der Waals surface area contributed by atoms with Crippen molar-refractivity contribution in [3.63, 3.8) is 0 Å². The molecular weight excluding hydrogens is 228 g/mol. The zero-order chi connectivity index (χ0) is 13.3. The number of hydrogen-bond acceptors (Lipinski definition) is 3. The van der Waals surface area contributed by atoms with E-state index in [1.807, 2.05) is 25.7 Å². The largest absolute Gasteiger partial charge is 0.490 e. The lowest BCUT2D eigenvalue weighted by Gasteiger charge is -2.36. The first-order chi connectivity index (χ1) is 8.38. The van der Waals surface area contributed by atoms with Gasteiger partial charge in [-0.2, -0.15) is 0 Å². The molecule has 0 bridgehead atoms. The predicted molar refractivity (Wildman–Crippen MR) is 71.1 cm³/mol. The van der Waals surface area contributed by atoms with Gasteiger partial charge < -0.3 is 15.0 Å². The Hall–Kier alpha value is -1.03. The second-order valence-electron chi connectivity index (χ2n) is 6.16. The fourth-order valence-electron chi connectivity index (χ4n) is 2.69. The van der Waals surface area contributed by atoms with Crippen molar-refractivity contribution >= 4 is 5.91 Å². The molecule has 2 aliphatic rings. The third-order valence-corrected chi connectivity index (χ3v) is 3.48. The number of piperidine rings is 1. The molecular formula is C14H24N2O2. The fraction of sp³-hybridized carbons (Fsp3) is 0.786. The summed E-state index contributed by atoms with van der Waals surface area (Å²) < 4.78 is 5.89. The molecule has 0 unspecified atom stereocenters. The highest BCUT2D eigenvalue weighted by Crippen LogP contribution is 2.29. The standard InChI is InChI=1S/C14H24N2O2/c1-10-12(18-14(2,3)4)9-13(17)16(10)11-5-7-15-8-6-11/h9-11,15H,5-8H2,1-4H3/t10-/m0/s1. The topological polar surface area (TPSA) is 41.6 Å². The average molecular weight is 252 g/mol. The molecule has 2 aliphatic heterocycles. The maximum absolute atomic E-state index is 12.1. The Balaban J connectivity index is 2.06. The smallest absolute Gasteiger partial charge is 0.250 e. The van der Waals surface area contributed by atoms with Crippen LogP contribution in [-0.4, -0.2) is 41.6 Å². The van der Waals surface area contributed by atoms with E-state index in [1.165, 1.54) is 0 Å². The molecule has 2 rings (SSSR count). The van der Waals surface area contributed by atoms with Gasteiger partial charge in [-0.3, -0.25) is 4.79 Å². The number of carbonyl (C=O) groups excluding carboxylic acids is 1. The first-order valence-electron chi connectivity index (χ1n) is 6.82. The van der Waals surface area contributed by atoms with Gasteiger partial charge in [0.15, 0.2) is 0 Å². The molecule has 4 heteroatoms. The minimum Gasteiger partial charge on any atom is -0.490 e. The van der Waals surface area contributed by atoms with Crippen molar-refractivity contribution in [1.82, 2.24) is 10.2 Å². The van der Waals surface area contributed by atoms with E-state index < -0.39 is 0 Å². The minimum absolute atomic E-state index is 0.0693. The summed E-state index contributed by atoms with van der Waals surface area (Å²) in [6, 6.07) is 0.422. The third kappa shape index (κ3) is 2.86. The average Bonchev–Trinajstić information content (AvgIpc) is 2.53. The van der Waals surface area contributed by atoms with Crippen LogP contribution < -0.4 is 5.32 Å². The molecule has 0 radical (unpaired) electrons. The summed E-state index contributed by atoms with van der Waals surface area (Å²) in [6.45, 7) is 10.1. The Morgan fingerprint density at radius 2 is 1.94 bits per heavy atom. The van der Waals surface area contributed by atoms with Crippen molar-refractivity contribution in [2.24, 2.45) is 0 Å². The number of hydrogen-bond donors (Lipinski definition) is 1. The monoisotopic (exact) mass is 252 g/mol. The number of nitrogens with zero attached hydrogens (tertiary/aromatic N) is 1. The first kappa shape index (κ1) is 13.4. The molecule has 1 fully saturated rings. The van der Waals surface area contributed by atoms with Gasteiger partial charge in [0.25, 0.3) is 5.91 Å². The van der Waals surface area contributed by atoms with Crippen LogP contribution in [0, 0.1) is 0 Å². The number of ether oxygens (including phenoxy) is 1. The van der Waals surface area contributed by atoms with Gasteiger partial charge in [-0.25, -0.2) is 0 Å². The van der Waals surface area contributed by atoms with Gasteiger partial charge in [-0.1, -0.05) is 0 Å². The van der Waals surface area contributed by atoms with Crippen LogP contribution in [0.15, 0.2) is 11.8 Å². The zero-order valence-electron chi connectivity index (χ0n) is 11.8. The van der Waals surface area contributed by atoms with Gasteiger partial charge in [0.05, 0.1) is 6.04 Å². The van der Waals surface area contributed by atoms with E-state index in [-0.39, 0.29) is 17.6 Å². The highest BCUT2D eigenvalue weighted by molar-refractivity contribution is 5.91. The lowest BCUT2D eigenvalue weighted by atomic mass is 10.0. The van der Waals surface area contributed by atoms with Crippen LogP contribution in [0.1, 0.15) is 40.5 Å². The minimum atomic E-state index is -0.246. The van der Waals surface area contributed by atoms with Gasteiger partial charge in [0.1, 0.15) is 11.4 Å². The SMILES string of the molecule is C[C@H]1C(OC(C)(C)C)=CC(=O)N1C1CCNCC1. The number of carbonyl (C=O) groups is 1. The summed E-state index contributed by atoms with van der Waals surface area (Å²) in [4.78, 5) is 14.1. The van der Waals surface area contributed by atoms with Crippen LogP contribution >= 0.6 is 0 Å². The molecule has 102 valence electrons. The Morgan fingerprint density at radius 1 is 1.33 bits per heavy atom. The molecule has 0 aromatic carbocycles. The van der Waals surface area contributed by atoms with E-state index >= 15 is 0 Å². The van der Waals surface area contributed by atoms with Crippen molar-refractivity contribution in [3.8, 4) is 0 Å². The van der Waals surface area contributed by atoms with E-state index in [1.54, 1.807) is 6.08 Å². The van der Waals surface area contributed by atoms with Crippen molar-refractivity contribution in [2.75, 3.05) is 13.1 Å². The fourth-order valence-corrected chi connectivity index (χ4v) is 2.69. The van der Waals surface area contributed by atoms with Gasteiger partial charge in [0, 0.05) is 12.1 Å². The second kappa shape index (κ2) is 4.92. The molecule has 18 heavy (non-hydrogen) atoms. The lowest BCUT2D eigenvalue weighted by molar-refractivity contribution is -0.129. The van der Waals surface area contributed by atoms with Crippen molar-refractivity contribution in [2.45, 2.75) is 58.2 Å². The molecule has 4 nitrogen and oxygen atoms in total. The summed E-state index contributed by atoms with van der Waals surface area (Å²) in [5.41, 5.74) is -0.246. The highest BCUT2D eigenvalue weighted by atomic mass is 16.5. The van der Waals surface area contributed by atoms with Crippen LogP contribution in [0.5, 0.6) is 0 Å². The summed E-state index contributed by atoms with van der Waals surface area (Å²) in [5, 5.41) is 3.33. The Kier molecular flexibility index (Phi) is 3.66. The van der Waals surface area contributed by atoms with Crippen LogP contribution in [-0.2, 0) is 9.53 Å². The Bertz CT molecular complexity index is 351. The summed E-state index contributed by atoms with van der Waals surface area (Å²) in [6.07, 6.45) is 3.73. The maximum Gasteiger partial charge on any atom is 0.250 e. The Morgan fingerprint density at radius 3 is 2.50 bits per heavy atom. The molecule has 1 atom stereocenters. The summed E-state index contributed by atoms with van der Waals surface area (Å²) in [5.74, 6) is 0.916. The molecule has 0 aliphatic carbocycles. The van der Waals surface area contributed by atoms with Gasteiger partial charge in [-0.05, 0) is 53.6 Å². The summed E-state index contributed by atoms with van der Waals surface area (Å²) >= 11 is 0. The molecule has 0 saturated carbocycles. The molecule has 1 N–H and O–H groups in total. The molecule has 0 aromatic rings. The quantitative estimate of drug-likeness (QED) is 0.813. The maximum atomic E-state index is 12.1. The van der Waals surface area contributed by atoms with Crippen LogP contribution in [0.25, 0.3) is 0 Å². The van der Waals surface area contributed by atoms with E-state index in [4.69, 9.17) is 4.74 Å². The van der Waals surface area contributed by atoms with Crippen molar-refractivity contribution in [1.29, 1.82) is 0 Å². The predicted octanol–water partition coefficient (Wildman–Crippen LogP) is 1.67. The number of amides is 1. The third-order valence-electron chi connectivity index (χ3n) is 3.48. The van der Waals surface area contributed by atoms with Gasteiger partial charge in [0.2, 0.25) is 0 Å². The van der Waals surface area contributed by atoms with Crippen LogP contribution in [0.3, 0.4) is 0 Å². The van der Waals surface area contributed by atoms with E-state index in [2.05, 4.69) is 12.2 Å². The van der Waals surface area contributed by atoms with Gasteiger partial charge >= 0.3 is 0 Å². The molecule has 0 spiro atoms. The molecule has 0 aromatic heterocycles. The van der Waals surface area contributed by atoms with Crippen LogP contribution in [0.2, 0.25) is 0 Å². The van der Waals surface area contributed by atoms with Crippen molar-refractivity contribution < 1.29 is 9.53 Å². The lowest BCUT2D eigenvalue weighted by Crippen LogP contribution is -2.47. The van der Waals surface area contributed by atoms with E-state index in [0.29, 0.717) is 6.04 Å². The number of nitrogens with one attached hydrogen (secondary N) is 1. The van der Waals surface area contributed by atoms with Crippen molar-refractivity contribution in [3.05, 3.63) is 11.8 Å². The van der Waals surface area contributed by atoms with E-state index in [9.17, 15) is 4.79 Å². The zero-order valence-corrected chi connectivity index (χ0v) is 11.8. The normalized spacial score (nSPS) is 26.4. The molecule has 1 amide bonds. The first-order valence-corrected chi connectivity index (χ1v) is 6.82. The number of rotatable bonds is 2. The van der Waals surface area contributed by atoms with Crippen LogP contribution in [0.4, 0.5) is 0 Å².